The first kappa shape index (κ1) is 36.2. The number of hydrogen-bond donors (Lipinski definition) is 0. The summed E-state index contributed by atoms with van der Waals surface area (Å²) >= 11 is 0. The van der Waals surface area contributed by atoms with Crippen LogP contribution >= 0.6 is 0 Å². The molecule has 1 aromatic heterocycles. The third-order valence-corrected chi connectivity index (χ3v) is 12.2. The molecule has 0 aliphatic heterocycles. The van der Waals surface area contributed by atoms with Crippen LogP contribution in [0.25, 0.3) is 106 Å². The fraction of sp³-hybridized carbons (Fsp3) is 0.0169. The Kier molecular flexibility index (Phi) is 8.90. The van der Waals surface area contributed by atoms with Crippen molar-refractivity contribution in [3.63, 3.8) is 0 Å². The van der Waals surface area contributed by atoms with Crippen molar-refractivity contribution in [3.8, 4) is 89.4 Å². The van der Waals surface area contributed by atoms with Gasteiger partial charge in [-0.3, -0.25) is 0 Å². The van der Waals surface area contributed by atoms with Gasteiger partial charge in [0.2, 0.25) is 0 Å². The van der Waals surface area contributed by atoms with E-state index in [0.29, 0.717) is 5.82 Å². The van der Waals surface area contributed by atoms with Crippen molar-refractivity contribution >= 4 is 16.5 Å². The zero-order valence-corrected chi connectivity index (χ0v) is 33.8. The van der Waals surface area contributed by atoms with Gasteiger partial charge < -0.3 is 0 Å². The van der Waals surface area contributed by atoms with E-state index in [1.54, 1.807) is 0 Å². The van der Waals surface area contributed by atoms with E-state index in [1.165, 1.54) is 44.5 Å². The largest absolute Gasteiger partial charge is 0.228 e. The van der Waals surface area contributed by atoms with Gasteiger partial charge in [0.25, 0.3) is 0 Å². The molecule has 0 atom stereocenters. The Morgan fingerprint density at radius 2 is 0.902 bits per heavy atom. The topological polar surface area (TPSA) is 25.8 Å². The second kappa shape index (κ2) is 15.0. The number of aromatic nitrogens is 2. The maximum atomic E-state index is 5.44. The number of benzene rings is 9. The van der Waals surface area contributed by atoms with Crippen molar-refractivity contribution < 1.29 is 0 Å². The number of hydrogen-bond acceptors (Lipinski definition) is 2. The minimum absolute atomic E-state index is 0.699. The van der Waals surface area contributed by atoms with Crippen LogP contribution in [0.15, 0.2) is 219 Å². The zero-order valence-electron chi connectivity index (χ0n) is 33.8. The maximum absolute atomic E-state index is 5.44. The Balaban J connectivity index is 1.16. The highest BCUT2D eigenvalue weighted by atomic mass is 14.9. The summed E-state index contributed by atoms with van der Waals surface area (Å²) in [6.07, 6.45) is 0. The Bertz CT molecular complexity index is 3320. The van der Waals surface area contributed by atoms with Crippen LogP contribution in [0.4, 0.5) is 0 Å². The van der Waals surface area contributed by atoms with Crippen molar-refractivity contribution in [1.29, 1.82) is 0 Å². The first-order chi connectivity index (χ1) is 30.1. The Morgan fingerprint density at radius 1 is 0.377 bits per heavy atom. The minimum Gasteiger partial charge on any atom is -0.228 e. The minimum atomic E-state index is 0.699. The summed E-state index contributed by atoms with van der Waals surface area (Å²) in [4.78, 5) is 10.8. The van der Waals surface area contributed by atoms with E-state index >= 15 is 0 Å². The number of aryl methyl sites for hydroxylation is 1. The lowest BCUT2D eigenvalue weighted by Gasteiger charge is -2.25. The molecule has 2 nitrogen and oxygen atoms in total. The standard InChI is InChI=1S/C59H40N2/c1-38-32-33-42(36-54(38)45-23-10-9-22-44(45)39(2)40-18-5-3-6-19-40)43-34-35-50-48-26-12-11-24-46(48)47-25-13-14-27-49(47)51-29-17-30-53(57(51)55(50)37-43)59-60-56-31-16-15-28-52(56)58(61-59)41-20-7-4-8-21-41/h3-37H,2H2,1H3. The number of rotatable bonds is 6. The molecule has 286 valence electrons. The Hall–Kier alpha value is -7.94. The summed E-state index contributed by atoms with van der Waals surface area (Å²) in [6.45, 7) is 6.77. The fourth-order valence-corrected chi connectivity index (χ4v) is 9.21. The third-order valence-electron chi connectivity index (χ3n) is 12.2. The predicted molar refractivity (Wildman–Crippen MR) is 256 cm³/mol. The highest BCUT2D eigenvalue weighted by Crippen LogP contribution is 2.51. The Labute approximate surface area is 356 Å². The monoisotopic (exact) mass is 776 g/mol. The average Bonchev–Trinajstić information content (AvgIpc) is 3.33. The van der Waals surface area contributed by atoms with Crippen LogP contribution in [-0.2, 0) is 0 Å². The van der Waals surface area contributed by atoms with E-state index in [9.17, 15) is 0 Å². The van der Waals surface area contributed by atoms with Crippen LogP contribution in [0.5, 0.6) is 0 Å². The SMILES string of the molecule is C=C(c1ccccc1)c1ccccc1-c1cc(-c2ccc3c(c2)-c2c(-c4nc(-c5ccccc5)c5ccccc5n4)cccc2-c2ccccc2-c2ccccc2-3)ccc1C. The van der Waals surface area contributed by atoms with E-state index in [2.05, 4.69) is 220 Å². The number of para-hydroxylation sites is 1. The quantitative estimate of drug-likeness (QED) is 0.168. The van der Waals surface area contributed by atoms with Gasteiger partial charge in [-0.25, -0.2) is 9.97 Å². The molecule has 61 heavy (non-hydrogen) atoms. The molecule has 0 saturated heterocycles. The lowest BCUT2D eigenvalue weighted by Crippen LogP contribution is -2.01. The summed E-state index contributed by atoms with van der Waals surface area (Å²) < 4.78 is 0. The second-order valence-electron chi connectivity index (χ2n) is 15.8. The van der Waals surface area contributed by atoms with Gasteiger partial charge in [-0.15, -0.1) is 0 Å². The fourth-order valence-electron chi connectivity index (χ4n) is 9.21. The summed E-state index contributed by atoms with van der Waals surface area (Å²) in [5, 5.41) is 1.03. The van der Waals surface area contributed by atoms with E-state index in [0.717, 1.165) is 72.2 Å². The van der Waals surface area contributed by atoms with Crippen molar-refractivity contribution in [3.05, 3.63) is 236 Å². The van der Waals surface area contributed by atoms with Gasteiger partial charge >= 0.3 is 0 Å². The summed E-state index contributed by atoms with van der Waals surface area (Å²) in [5.41, 5.74) is 22.4. The molecular formula is C59H40N2. The lowest BCUT2D eigenvalue weighted by molar-refractivity contribution is 1.23. The molecule has 0 spiro atoms. The molecule has 0 amide bonds. The average molecular weight is 777 g/mol. The highest BCUT2D eigenvalue weighted by Gasteiger charge is 2.26. The second-order valence-corrected chi connectivity index (χ2v) is 15.8. The molecule has 1 aliphatic carbocycles. The van der Waals surface area contributed by atoms with Gasteiger partial charge in [-0.1, -0.05) is 201 Å². The molecule has 0 saturated carbocycles. The van der Waals surface area contributed by atoms with E-state index in [-0.39, 0.29) is 0 Å². The van der Waals surface area contributed by atoms with Crippen molar-refractivity contribution in [1.82, 2.24) is 9.97 Å². The highest BCUT2D eigenvalue weighted by molar-refractivity contribution is 6.08. The lowest BCUT2D eigenvalue weighted by atomic mass is 9.78. The number of fused-ring (bicyclic) bond motifs is 9. The summed E-state index contributed by atoms with van der Waals surface area (Å²) in [6, 6.07) is 76.0. The molecule has 0 fully saturated rings. The van der Waals surface area contributed by atoms with Crippen LogP contribution in [0.2, 0.25) is 0 Å². The van der Waals surface area contributed by atoms with Crippen LogP contribution in [0, 0.1) is 6.92 Å². The molecular weight excluding hydrogens is 737 g/mol. The molecule has 1 heterocycles. The Morgan fingerprint density at radius 3 is 1.62 bits per heavy atom. The predicted octanol–water partition coefficient (Wildman–Crippen LogP) is 15.6. The number of nitrogens with zero attached hydrogens (tertiary/aromatic N) is 2. The van der Waals surface area contributed by atoms with Crippen LogP contribution in [0.3, 0.4) is 0 Å². The van der Waals surface area contributed by atoms with Crippen molar-refractivity contribution in [2.24, 2.45) is 0 Å². The van der Waals surface area contributed by atoms with Crippen LogP contribution < -0.4 is 0 Å². The van der Waals surface area contributed by atoms with Gasteiger partial charge in [0, 0.05) is 22.1 Å². The van der Waals surface area contributed by atoms with Gasteiger partial charge in [0.1, 0.15) is 0 Å². The summed E-state index contributed by atoms with van der Waals surface area (Å²) in [7, 11) is 0. The van der Waals surface area contributed by atoms with E-state index in [4.69, 9.17) is 9.97 Å². The molecule has 0 unspecified atom stereocenters. The van der Waals surface area contributed by atoms with Gasteiger partial charge in [0.05, 0.1) is 11.2 Å². The molecule has 0 radical (unpaired) electrons. The third kappa shape index (κ3) is 6.29. The molecule has 0 bridgehead atoms. The van der Waals surface area contributed by atoms with Gasteiger partial charge in [0.15, 0.2) is 5.82 Å². The molecule has 9 aromatic carbocycles. The smallest absolute Gasteiger partial charge is 0.161 e. The molecule has 2 heteroatoms. The van der Waals surface area contributed by atoms with Crippen LogP contribution in [-0.4, -0.2) is 9.97 Å². The van der Waals surface area contributed by atoms with Crippen molar-refractivity contribution in [2.75, 3.05) is 0 Å². The van der Waals surface area contributed by atoms with Gasteiger partial charge in [-0.05, 0) is 109 Å². The first-order valence-corrected chi connectivity index (χ1v) is 20.8. The van der Waals surface area contributed by atoms with Crippen LogP contribution in [0.1, 0.15) is 16.7 Å². The molecule has 0 N–H and O–H groups in total. The molecule has 11 rings (SSSR count). The van der Waals surface area contributed by atoms with E-state index in [1.807, 2.05) is 6.07 Å². The van der Waals surface area contributed by atoms with E-state index < -0.39 is 0 Å². The van der Waals surface area contributed by atoms with Gasteiger partial charge in [-0.2, -0.15) is 0 Å². The molecule has 1 aliphatic rings. The normalized spacial score (nSPS) is 11.4. The first-order valence-electron chi connectivity index (χ1n) is 20.8. The zero-order chi connectivity index (χ0) is 40.9. The summed E-state index contributed by atoms with van der Waals surface area (Å²) in [5.74, 6) is 0.699. The maximum Gasteiger partial charge on any atom is 0.161 e. The van der Waals surface area contributed by atoms with Crippen molar-refractivity contribution in [2.45, 2.75) is 6.92 Å². The molecule has 10 aromatic rings.